The summed E-state index contributed by atoms with van der Waals surface area (Å²) >= 11 is 2.91. The van der Waals surface area contributed by atoms with E-state index in [2.05, 4.69) is 10.2 Å². The van der Waals surface area contributed by atoms with Gasteiger partial charge in [-0.2, -0.15) is 0 Å². The summed E-state index contributed by atoms with van der Waals surface area (Å²) in [5.41, 5.74) is 0.429. The van der Waals surface area contributed by atoms with Crippen LogP contribution in [0, 0.1) is 0 Å². The van der Waals surface area contributed by atoms with Crippen molar-refractivity contribution in [2.75, 3.05) is 12.0 Å². The number of benzene rings is 1. The lowest BCUT2D eigenvalue weighted by atomic mass is 10.1. The number of nitrogens with zero attached hydrogens (tertiary/aromatic N) is 2. The number of rotatable bonds is 6. The van der Waals surface area contributed by atoms with Gasteiger partial charge in [-0.3, -0.25) is 9.36 Å². The molecule has 0 unspecified atom stereocenters. The summed E-state index contributed by atoms with van der Waals surface area (Å²) in [6.45, 7) is 3.81. The quantitative estimate of drug-likeness (QED) is 0.654. The van der Waals surface area contributed by atoms with Crippen molar-refractivity contribution < 1.29 is 4.79 Å². The van der Waals surface area contributed by atoms with Crippen molar-refractivity contribution >= 4 is 29.3 Å². The maximum atomic E-state index is 12.2. The largest absolute Gasteiger partial charge is 0.344 e. The number of hydrogen-bond donors (Lipinski definition) is 1. The van der Waals surface area contributed by atoms with Gasteiger partial charge in [0.2, 0.25) is 0 Å². The summed E-state index contributed by atoms with van der Waals surface area (Å²) in [6.07, 6.45) is 2.00. The van der Waals surface area contributed by atoms with Crippen molar-refractivity contribution in [3.05, 3.63) is 40.3 Å². The zero-order chi connectivity index (χ0) is 15.4. The number of carbonyl (C=O) groups excluding carboxylic acids is 1. The second-order valence-electron chi connectivity index (χ2n) is 4.72. The first-order chi connectivity index (χ1) is 10.0. The number of thioether (sulfide) groups is 2. The van der Waals surface area contributed by atoms with Crippen LogP contribution in [0.2, 0.25) is 0 Å². The number of nitrogens with one attached hydrogen (secondary N) is 1. The highest BCUT2D eigenvalue weighted by Crippen LogP contribution is 2.20. The molecule has 0 aliphatic heterocycles. The van der Waals surface area contributed by atoms with Crippen LogP contribution in [0.25, 0.3) is 0 Å². The predicted molar refractivity (Wildman–Crippen MR) is 86.5 cm³/mol. The lowest BCUT2D eigenvalue weighted by Crippen LogP contribution is -2.19. The third kappa shape index (κ3) is 3.79. The zero-order valence-electron chi connectivity index (χ0n) is 12.1. The fraction of sp³-hybridized carbons (Fsp3) is 0.357. The van der Waals surface area contributed by atoms with E-state index in [-0.39, 0.29) is 23.3 Å². The Bertz CT molecular complexity index is 674. The van der Waals surface area contributed by atoms with Gasteiger partial charge in [-0.15, -0.1) is 16.9 Å². The predicted octanol–water partition coefficient (Wildman–Crippen LogP) is 2.85. The van der Waals surface area contributed by atoms with E-state index in [1.54, 1.807) is 16.3 Å². The van der Waals surface area contributed by atoms with Gasteiger partial charge >= 0.3 is 5.69 Å². The monoisotopic (exact) mass is 323 g/mol. The van der Waals surface area contributed by atoms with Crippen molar-refractivity contribution in [3.63, 3.8) is 0 Å². The molecule has 2 aromatic rings. The van der Waals surface area contributed by atoms with E-state index in [4.69, 9.17) is 0 Å². The van der Waals surface area contributed by atoms with E-state index >= 15 is 0 Å². The molecule has 0 saturated carbocycles. The minimum Gasteiger partial charge on any atom is -0.293 e. The van der Waals surface area contributed by atoms with Crippen molar-refractivity contribution in [1.82, 2.24) is 14.8 Å². The average Bonchev–Trinajstić information content (AvgIpc) is 2.86. The third-order valence-corrected chi connectivity index (χ3v) is 4.63. The smallest absolute Gasteiger partial charge is 0.293 e. The molecule has 1 aromatic heterocycles. The van der Waals surface area contributed by atoms with E-state index in [0.717, 1.165) is 4.90 Å². The molecule has 0 amide bonds. The molecule has 5 nitrogen and oxygen atoms in total. The molecule has 0 atom stereocenters. The normalized spacial score (nSPS) is 11.0. The fourth-order valence-electron chi connectivity index (χ4n) is 1.84. The number of H-pyrrole nitrogens is 1. The molecule has 0 spiro atoms. The summed E-state index contributed by atoms with van der Waals surface area (Å²) in [6, 6.07) is 7.53. The molecule has 0 radical (unpaired) electrons. The third-order valence-electron chi connectivity index (χ3n) is 2.93. The minimum absolute atomic E-state index is 0.00899. The molecule has 1 aromatic carbocycles. The first kappa shape index (κ1) is 15.9. The topological polar surface area (TPSA) is 67.8 Å². The first-order valence-corrected chi connectivity index (χ1v) is 8.71. The molecule has 0 aliphatic rings. The van der Waals surface area contributed by atoms with Crippen LogP contribution < -0.4 is 5.69 Å². The minimum atomic E-state index is -0.246. The van der Waals surface area contributed by atoms with Gasteiger partial charge in [0, 0.05) is 16.5 Å². The van der Waals surface area contributed by atoms with Crippen molar-refractivity contribution in [2.24, 2.45) is 0 Å². The lowest BCUT2D eigenvalue weighted by molar-refractivity contribution is 0.102. The Balaban J connectivity index is 2.05. The molecular weight excluding hydrogens is 306 g/mol. The van der Waals surface area contributed by atoms with Crippen LogP contribution in [-0.4, -0.2) is 32.6 Å². The molecule has 1 N–H and O–H groups in total. The fourth-order valence-corrected chi connectivity index (χ4v) is 3.22. The van der Waals surface area contributed by atoms with Gasteiger partial charge in [-0.25, -0.2) is 9.89 Å². The molecule has 2 rings (SSSR count). The van der Waals surface area contributed by atoms with Gasteiger partial charge in [-0.05, 0) is 32.2 Å². The Morgan fingerprint density at radius 2 is 2.00 bits per heavy atom. The molecule has 0 saturated heterocycles. The molecule has 21 heavy (non-hydrogen) atoms. The number of ketones is 1. The molecular formula is C14H17N3O2S2. The van der Waals surface area contributed by atoms with Gasteiger partial charge in [-0.1, -0.05) is 23.9 Å². The average molecular weight is 323 g/mol. The highest BCUT2D eigenvalue weighted by molar-refractivity contribution is 7.99. The van der Waals surface area contributed by atoms with Crippen LogP contribution in [0.1, 0.15) is 30.2 Å². The number of hydrogen-bond acceptors (Lipinski definition) is 5. The van der Waals surface area contributed by atoms with Crippen LogP contribution >= 0.6 is 23.5 Å². The van der Waals surface area contributed by atoms with Crippen molar-refractivity contribution in [1.29, 1.82) is 0 Å². The van der Waals surface area contributed by atoms with Gasteiger partial charge in [0.15, 0.2) is 10.9 Å². The van der Waals surface area contributed by atoms with Crippen LogP contribution in [0.4, 0.5) is 0 Å². The zero-order valence-corrected chi connectivity index (χ0v) is 13.8. The standard InChI is InChI=1S/C14H17N3O2S2/c1-9(2)17-13(19)15-16-14(17)21-8-12(18)10-4-6-11(20-3)7-5-10/h4-7,9H,8H2,1-3H3,(H,15,19). The first-order valence-electron chi connectivity index (χ1n) is 6.50. The van der Waals surface area contributed by atoms with Crippen molar-refractivity contribution in [3.8, 4) is 0 Å². The Kier molecular flexibility index (Phi) is 5.30. The van der Waals surface area contributed by atoms with E-state index in [1.807, 2.05) is 44.4 Å². The SMILES string of the molecule is CSc1ccc(C(=O)CSc2n[nH]c(=O)n2C(C)C)cc1. The summed E-state index contributed by atoms with van der Waals surface area (Å²) in [7, 11) is 0. The van der Waals surface area contributed by atoms with E-state index in [9.17, 15) is 9.59 Å². The molecule has 112 valence electrons. The molecule has 0 aliphatic carbocycles. The van der Waals surface area contributed by atoms with Gasteiger partial charge < -0.3 is 0 Å². The van der Waals surface area contributed by atoms with E-state index in [0.29, 0.717) is 10.7 Å². The van der Waals surface area contributed by atoms with Crippen LogP contribution in [0.3, 0.4) is 0 Å². The maximum absolute atomic E-state index is 12.2. The Morgan fingerprint density at radius 1 is 1.33 bits per heavy atom. The van der Waals surface area contributed by atoms with Crippen LogP contribution in [0.5, 0.6) is 0 Å². The highest BCUT2D eigenvalue weighted by atomic mass is 32.2. The summed E-state index contributed by atoms with van der Waals surface area (Å²) in [4.78, 5) is 24.9. The van der Waals surface area contributed by atoms with E-state index in [1.165, 1.54) is 11.8 Å². The maximum Gasteiger partial charge on any atom is 0.344 e. The number of carbonyl (C=O) groups is 1. The molecule has 1 heterocycles. The highest BCUT2D eigenvalue weighted by Gasteiger charge is 2.14. The van der Waals surface area contributed by atoms with Gasteiger partial charge in [0.25, 0.3) is 0 Å². The Labute approximate surface area is 131 Å². The molecule has 7 heteroatoms. The van der Waals surface area contributed by atoms with Gasteiger partial charge in [0.05, 0.1) is 5.75 Å². The summed E-state index contributed by atoms with van der Waals surface area (Å²) in [5, 5.41) is 6.93. The van der Waals surface area contributed by atoms with Crippen molar-refractivity contribution in [2.45, 2.75) is 29.9 Å². The van der Waals surface area contributed by atoms with Gasteiger partial charge in [0.1, 0.15) is 0 Å². The Hall–Kier alpha value is -1.47. The second-order valence-corrected chi connectivity index (χ2v) is 6.54. The lowest BCUT2D eigenvalue weighted by Gasteiger charge is -2.08. The number of Topliss-reactive ketones (excluding diaryl/α,β-unsaturated/α-hetero) is 1. The summed E-state index contributed by atoms with van der Waals surface area (Å²) in [5.74, 6) is 0.286. The summed E-state index contributed by atoms with van der Waals surface area (Å²) < 4.78 is 1.55. The number of aromatic amines is 1. The van der Waals surface area contributed by atoms with Crippen LogP contribution in [0.15, 0.2) is 39.1 Å². The molecule has 0 fully saturated rings. The van der Waals surface area contributed by atoms with E-state index < -0.39 is 0 Å². The number of aromatic nitrogens is 3. The molecule has 0 bridgehead atoms. The van der Waals surface area contributed by atoms with Crippen LogP contribution in [-0.2, 0) is 0 Å². The Morgan fingerprint density at radius 3 is 2.57 bits per heavy atom. The second kappa shape index (κ2) is 7.00.